The predicted molar refractivity (Wildman–Crippen MR) is 126 cm³/mol. The summed E-state index contributed by atoms with van der Waals surface area (Å²) in [6.45, 7) is 3.86. The lowest BCUT2D eigenvalue weighted by Crippen LogP contribution is -2.38. The molecule has 158 valence electrons. The number of ether oxygens (including phenoxy) is 2. The average Bonchev–Trinajstić information content (AvgIpc) is 2.71. The van der Waals surface area contributed by atoms with Crippen molar-refractivity contribution in [1.82, 2.24) is 10.6 Å². The number of nitrogens with one attached hydrogen (secondary N) is 2. The lowest BCUT2D eigenvalue weighted by molar-refractivity contribution is -0.119. The number of guanidine groups is 1. The van der Waals surface area contributed by atoms with Gasteiger partial charge in [0.2, 0.25) is 0 Å². The van der Waals surface area contributed by atoms with Crippen LogP contribution in [0.2, 0.25) is 0 Å². The minimum atomic E-state index is -0.503. The van der Waals surface area contributed by atoms with Crippen molar-refractivity contribution in [3.05, 3.63) is 59.7 Å². The van der Waals surface area contributed by atoms with E-state index in [1.807, 2.05) is 43.3 Å². The summed E-state index contributed by atoms with van der Waals surface area (Å²) in [5.41, 5.74) is 7.23. The van der Waals surface area contributed by atoms with Crippen LogP contribution in [-0.4, -0.2) is 38.7 Å². The number of benzene rings is 2. The zero-order valence-corrected chi connectivity index (χ0v) is 19.1. The molecule has 4 N–H and O–H groups in total. The number of primary amides is 1. The van der Waals surface area contributed by atoms with Crippen LogP contribution in [0.3, 0.4) is 0 Å². The minimum Gasteiger partial charge on any atom is -0.496 e. The molecule has 0 radical (unpaired) electrons. The van der Waals surface area contributed by atoms with Crippen LogP contribution < -0.4 is 25.8 Å². The summed E-state index contributed by atoms with van der Waals surface area (Å²) in [7, 11) is 1.68. The Morgan fingerprint density at radius 1 is 1.14 bits per heavy atom. The molecule has 0 aromatic heterocycles. The molecule has 2 aromatic carbocycles. The molecule has 1 amide bonds. The molecule has 0 heterocycles. The first-order chi connectivity index (χ1) is 13.6. The number of halogens is 1. The highest BCUT2D eigenvalue weighted by Crippen LogP contribution is 2.17. The van der Waals surface area contributed by atoms with Gasteiger partial charge in [0.25, 0.3) is 5.91 Å². The van der Waals surface area contributed by atoms with Gasteiger partial charge in [0.15, 0.2) is 12.6 Å². The molecular weight excluding hydrogens is 483 g/mol. The third-order valence-electron chi connectivity index (χ3n) is 3.92. The van der Waals surface area contributed by atoms with Crippen LogP contribution in [0, 0.1) is 0 Å². The van der Waals surface area contributed by atoms with Crippen LogP contribution >= 0.6 is 24.0 Å². The van der Waals surface area contributed by atoms with E-state index in [0.717, 1.165) is 42.3 Å². The van der Waals surface area contributed by atoms with E-state index < -0.39 is 5.91 Å². The summed E-state index contributed by atoms with van der Waals surface area (Å²) >= 11 is 0. The van der Waals surface area contributed by atoms with Crippen molar-refractivity contribution in [1.29, 1.82) is 0 Å². The number of hydrogen-bond acceptors (Lipinski definition) is 4. The third kappa shape index (κ3) is 9.03. The number of methoxy groups -OCH3 is 1. The number of rotatable bonds is 10. The molecule has 0 aliphatic heterocycles. The van der Waals surface area contributed by atoms with Gasteiger partial charge in [-0.25, -0.2) is 4.99 Å². The largest absolute Gasteiger partial charge is 0.496 e. The molecule has 0 saturated carbocycles. The Kier molecular flexibility index (Phi) is 11.6. The Balaban J connectivity index is 0.00000420. The van der Waals surface area contributed by atoms with E-state index in [4.69, 9.17) is 15.2 Å². The Morgan fingerprint density at radius 3 is 2.66 bits per heavy atom. The summed E-state index contributed by atoms with van der Waals surface area (Å²) in [4.78, 5) is 15.4. The maximum Gasteiger partial charge on any atom is 0.255 e. The Bertz CT molecular complexity index is 799. The molecular formula is C21H29IN4O3. The van der Waals surface area contributed by atoms with E-state index in [2.05, 4.69) is 21.7 Å². The van der Waals surface area contributed by atoms with Gasteiger partial charge in [-0.05, 0) is 42.7 Å². The van der Waals surface area contributed by atoms with Crippen molar-refractivity contribution in [2.45, 2.75) is 19.9 Å². The minimum absolute atomic E-state index is 0. The Morgan fingerprint density at radius 2 is 1.93 bits per heavy atom. The maximum absolute atomic E-state index is 10.8. The first-order valence-electron chi connectivity index (χ1n) is 9.26. The van der Waals surface area contributed by atoms with Crippen LogP contribution in [0.15, 0.2) is 53.5 Å². The SMILES string of the molecule is CCNC(=NCc1cccc(OCC(N)=O)c1)NCCc1ccccc1OC.I. The van der Waals surface area contributed by atoms with E-state index in [1.165, 1.54) is 0 Å². The molecule has 2 aromatic rings. The zero-order valence-electron chi connectivity index (χ0n) is 16.8. The van der Waals surface area contributed by atoms with Gasteiger partial charge in [-0.1, -0.05) is 30.3 Å². The molecule has 0 saturated heterocycles. The standard InChI is InChI=1S/C21H28N4O3.HI/c1-3-23-21(24-12-11-17-8-4-5-10-19(17)27-2)25-14-16-7-6-9-18(13-16)28-15-20(22)26;/h4-10,13H,3,11-12,14-15H2,1-2H3,(H2,22,26)(H2,23,24,25);1H. The monoisotopic (exact) mass is 512 g/mol. The van der Waals surface area contributed by atoms with E-state index in [9.17, 15) is 4.79 Å². The van der Waals surface area contributed by atoms with Gasteiger partial charge in [-0.15, -0.1) is 24.0 Å². The first kappa shape index (κ1) is 24.5. The number of para-hydroxylation sites is 1. The van der Waals surface area contributed by atoms with E-state index in [-0.39, 0.29) is 30.6 Å². The first-order valence-corrected chi connectivity index (χ1v) is 9.26. The van der Waals surface area contributed by atoms with Gasteiger partial charge < -0.3 is 25.8 Å². The molecule has 29 heavy (non-hydrogen) atoms. The number of carbonyl (C=O) groups is 1. The Labute approximate surface area is 189 Å². The molecule has 0 aliphatic rings. The molecule has 0 fully saturated rings. The molecule has 7 nitrogen and oxygen atoms in total. The number of nitrogens with zero attached hydrogens (tertiary/aromatic N) is 1. The number of amides is 1. The number of carbonyl (C=O) groups excluding carboxylic acids is 1. The van der Waals surface area contributed by atoms with Crippen molar-refractivity contribution >= 4 is 35.8 Å². The quantitative estimate of drug-likeness (QED) is 0.258. The highest BCUT2D eigenvalue weighted by atomic mass is 127. The summed E-state index contributed by atoms with van der Waals surface area (Å²) in [5.74, 6) is 1.72. The van der Waals surface area contributed by atoms with Crippen LogP contribution in [0.4, 0.5) is 0 Å². The van der Waals surface area contributed by atoms with Gasteiger partial charge in [-0.3, -0.25) is 4.79 Å². The third-order valence-corrected chi connectivity index (χ3v) is 3.92. The normalized spacial score (nSPS) is 10.6. The van der Waals surface area contributed by atoms with Crippen molar-refractivity contribution < 1.29 is 14.3 Å². The highest BCUT2D eigenvalue weighted by molar-refractivity contribution is 14.0. The molecule has 0 aliphatic carbocycles. The van der Waals surface area contributed by atoms with E-state index >= 15 is 0 Å². The molecule has 2 rings (SSSR count). The van der Waals surface area contributed by atoms with E-state index in [1.54, 1.807) is 13.2 Å². The van der Waals surface area contributed by atoms with E-state index in [0.29, 0.717) is 12.3 Å². The second kappa shape index (κ2) is 13.6. The van der Waals surface area contributed by atoms with Gasteiger partial charge >= 0.3 is 0 Å². The summed E-state index contributed by atoms with van der Waals surface area (Å²) in [5, 5.41) is 6.57. The van der Waals surface area contributed by atoms with Crippen molar-refractivity contribution in [2.75, 3.05) is 26.8 Å². The fraction of sp³-hybridized carbons (Fsp3) is 0.333. The van der Waals surface area contributed by atoms with Crippen LogP contribution in [-0.2, 0) is 17.8 Å². The smallest absolute Gasteiger partial charge is 0.255 e. The number of hydrogen-bond donors (Lipinski definition) is 3. The molecule has 0 atom stereocenters. The van der Waals surface area contributed by atoms with Crippen LogP contribution in [0.25, 0.3) is 0 Å². The average molecular weight is 512 g/mol. The highest BCUT2D eigenvalue weighted by Gasteiger charge is 2.03. The lowest BCUT2D eigenvalue weighted by Gasteiger charge is -2.13. The second-order valence-electron chi connectivity index (χ2n) is 6.09. The topological polar surface area (TPSA) is 98.0 Å². The second-order valence-corrected chi connectivity index (χ2v) is 6.09. The number of nitrogens with two attached hydrogens (primary N) is 1. The summed E-state index contributed by atoms with van der Waals surface area (Å²) in [6.07, 6.45) is 0.824. The van der Waals surface area contributed by atoms with Crippen molar-refractivity contribution in [3.8, 4) is 11.5 Å². The fourth-order valence-electron chi connectivity index (χ4n) is 2.63. The zero-order chi connectivity index (χ0) is 20.2. The Hall–Kier alpha value is -2.49. The van der Waals surface area contributed by atoms with Crippen molar-refractivity contribution in [3.63, 3.8) is 0 Å². The lowest BCUT2D eigenvalue weighted by atomic mass is 10.1. The van der Waals surface area contributed by atoms with Crippen molar-refractivity contribution in [2.24, 2.45) is 10.7 Å². The maximum atomic E-state index is 10.8. The molecule has 0 unspecified atom stereocenters. The fourth-order valence-corrected chi connectivity index (χ4v) is 2.63. The predicted octanol–water partition coefficient (Wildman–Crippen LogP) is 2.48. The molecule has 8 heteroatoms. The van der Waals surface area contributed by atoms with Gasteiger partial charge in [0.05, 0.1) is 13.7 Å². The summed E-state index contributed by atoms with van der Waals surface area (Å²) < 4.78 is 10.7. The summed E-state index contributed by atoms with van der Waals surface area (Å²) in [6, 6.07) is 15.4. The molecule has 0 bridgehead atoms. The van der Waals surface area contributed by atoms with Crippen LogP contribution in [0.5, 0.6) is 11.5 Å². The van der Waals surface area contributed by atoms with Gasteiger partial charge in [-0.2, -0.15) is 0 Å². The van der Waals surface area contributed by atoms with Gasteiger partial charge in [0, 0.05) is 13.1 Å². The van der Waals surface area contributed by atoms with Gasteiger partial charge in [0.1, 0.15) is 11.5 Å². The number of aliphatic imine (C=N–C) groups is 1. The van der Waals surface area contributed by atoms with Crippen LogP contribution in [0.1, 0.15) is 18.1 Å². The molecule has 0 spiro atoms.